The number of benzene rings is 2. The lowest BCUT2D eigenvalue weighted by Crippen LogP contribution is -2.48. The first-order chi connectivity index (χ1) is 14.7. The zero-order valence-electron chi connectivity index (χ0n) is 16.9. The molecule has 166 valence electrons. The molecule has 0 aromatic heterocycles. The van der Waals surface area contributed by atoms with E-state index in [9.17, 15) is 28.1 Å². The standard InChI is InChI=1S/C21H22F3N3O4/c1-2-13-31-19-8-7-17(27(29)30)14-18(19)20(28)26-11-9-25(10-12-26)16-5-3-15(4-6-16)21(22,23)24/h3-8,14H,2,9-13H2,1H3. The summed E-state index contributed by atoms with van der Waals surface area (Å²) in [5.41, 5.74) is -0.140. The topological polar surface area (TPSA) is 75.9 Å². The fourth-order valence-corrected chi connectivity index (χ4v) is 3.34. The number of nitro benzene ring substituents is 1. The molecule has 0 unspecified atom stereocenters. The number of carbonyl (C=O) groups is 1. The highest BCUT2D eigenvalue weighted by molar-refractivity contribution is 5.97. The van der Waals surface area contributed by atoms with Gasteiger partial charge < -0.3 is 14.5 Å². The maximum absolute atomic E-state index is 13.0. The van der Waals surface area contributed by atoms with Gasteiger partial charge in [0.1, 0.15) is 5.75 Å². The van der Waals surface area contributed by atoms with Gasteiger partial charge in [-0.2, -0.15) is 13.2 Å². The second-order valence-electron chi connectivity index (χ2n) is 7.11. The van der Waals surface area contributed by atoms with E-state index in [1.54, 1.807) is 4.90 Å². The fourth-order valence-electron chi connectivity index (χ4n) is 3.34. The maximum atomic E-state index is 13.0. The predicted octanol–water partition coefficient (Wildman–Crippen LogP) is 4.36. The van der Waals surface area contributed by atoms with Crippen LogP contribution in [0.2, 0.25) is 0 Å². The molecule has 3 rings (SSSR count). The van der Waals surface area contributed by atoms with E-state index in [2.05, 4.69) is 0 Å². The number of hydrogen-bond acceptors (Lipinski definition) is 5. The Bertz CT molecular complexity index is 940. The third-order valence-corrected chi connectivity index (χ3v) is 4.99. The Labute approximate surface area is 177 Å². The van der Waals surface area contributed by atoms with Gasteiger partial charge in [-0.3, -0.25) is 14.9 Å². The lowest BCUT2D eigenvalue weighted by Gasteiger charge is -2.36. The molecule has 0 N–H and O–H groups in total. The van der Waals surface area contributed by atoms with Crippen molar-refractivity contribution in [1.29, 1.82) is 0 Å². The number of amides is 1. The van der Waals surface area contributed by atoms with Gasteiger partial charge in [0.15, 0.2) is 0 Å². The van der Waals surface area contributed by atoms with Crippen molar-refractivity contribution in [2.24, 2.45) is 0 Å². The first-order valence-electron chi connectivity index (χ1n) is 9.83. The normalized spacial score (nSPS) is 14.5. The molecule has 1 aliphatic heterocycles. The van der Waals surface area contributed by atoms with Crippen LogP contribution in [0.1, 0.15) is 29.3 Å². The van der Waals surface area contributed by atoms with Crippen LogP contribution in [0, 0.1) is 10.1 Å². The number of non-ortho nitro benzene ring substituents is 1. The molecule has 0 radical (unpaired) electrons. The largest absolute Gasteiger partial charge is 0.493 e. The molecule has 2 aromatic rings. The second kappa shape index (κ2) is 9.23. The smallest absolute Gasteiger partial charge is 0.416 e. The molecular formula is C21H22F3N3O4. The summed E-state index contributed by atoms with van der Waals surface area (Å²) in [4.78, 5) is 27.1. The van der Waals surface area contributed by atoms with Crippen LogP contribution >= 0.6 is 0 Å². The molecule has 10 heteroatoms. The number of nitro groups is 1. The first kappa shape index (κ1) is 22.4. The van der Waals surface area contributed by atoms with Crippen LogP contribution in [-0.2, 0) is 6.18 Å². The zero-order chi connectivity index (χ0) is 22.6. The Hall–Kier alpha value is -3.30. The van der Waals surface area contributed by atoms with Gasteiger partial charge >= 0.3 is 6.18 Å². The molecule has 0 saturated carbocycles. The molecule has 0 bridgehead atoms. The quantitative estimate of drug-likeness (QED) is 0.496. The lowest BCUT2D eigenvalue weighted by molar-refractivity contribution is -0.384. The van der Waals surface area contributed by atoms with Crippen molar-refractivity contribution in [2.45, 2.75) is 19.5 Å². The monoisotopic (exact) mass is 437 g/mol. The van der Waals surface area contributed by atoms with Crippen LogP contribution in [0.4, 0.5) is 24.5 Å². The van der Waals surface area contributed by atoms with Gasteiger partial charge in [-0.1, -0.05) is 6.92 Å². The third-order valence-electron chi connectivity index (χ3n) is 4.99. The summed E-state index contributed by atoms with van der Waals surface area (Å²) in [7, 11) is 0. The van der Waals surface area contributed by atoms with Gasteiger partial charge in [0, 0.05) is 44.0 Å². The third kappa shape index (κ3) is 5.25. The van der Waals surface area contributed by atoms with Gasteiger partial charge in [-0.05, 0) is 36.8 Å². The fraction of sp³-hybridized carbons (Fsp3) is 0.381. The Balaban J connectivity index is 1.71. The van der Waals surface area contributed by atoms with Crippen molar-refractivity contribution in [3.63, 3.8) is 0 Å². The van der Waals surface area contributed by atoms with Crippen LogP contribution in [0.25, 0.3) is 0 Å². The zero-order valence-corrected chi connectivity index (χ0v) is 16.9. The van der Waals surface area contributed by atoms with Crippen LogP contribution < -0.4 is 9.64 Å². The highest BCUT2D eigenvalue weighted by Crippen LogP contribution is 2.31. The minimum absolute atomic E-state index is 0.130. The van der Waals surface area contributed by atoms with Gasteiger partial charge in [0.25, 0.3) is 11.6 Å². The van der Waals surface area contributed by atoms with E-state index in [-0.39, 0.29) is 17.2 Å². The number of alkyl halides is 3. The molecule has 0 atom stereocenters. The lowest BCUT2D eigenvalue weighted by atomic mass is 10.1. The number of rotatable bonds is 6. The minimum atomic E-state index is -4.39. The van der Waals surface area contributed by atoms with Gasteiger partial charge in [-0.15, -0.1) is 0 Å². The molecule has 0 spiro atoms. The number of anilines is 1. The summed E-state index contributed by atoms with van der Waals surface area (Å²) < 4.78 is 43.8. The van der Waals surface area contributed by atoms with E-state index < -0.39 is 16.7 Å². The van der Waals surface area contributed by atoms with E-state index in [4.69, 9.17) is 4.74 Å². The van der Waals surface area contributed by atoms with E-state index in [0.717, 1.165) is 18.6 Å². The van der Waals surface area contributed by atoms with E-state index in [1.807, 2.05) is 11.8 Å². The molecule has 7 nitrogen and oxygen atoms in total. The molecule has 31 heavy (non-hydrogen) atoms. The van der Waals surface area contributed by atoms with Gasteiger partial charge in [-0.25, -0.2) is 0 Å². The average Bonchev–Trinajstić information content (AvgIpc) is 2.76. The number of nitrogens with zero attached hydrogens (tertiary/aromatic N) is 3. The second-order valence-corrected chi connectivity index (χ2v) is 7.11. The Morgan fingerprint density at radius 1 is 1.10 bits per heavy atom. The van der Waals surface area contributed by atoms with Crippen molar-refractivity contribution < 1.29 is 27.6 Å². The summed E-state index contributed by atoms with van der Waals surface area (Å²) in [6.07, 6.45) is -3.67. The number of halogens is 3. The first-order valence-corrected chi connectivity index (χ1v) is 9.83. The average molecular weight is 437 g/mol. The van der Waals surface area contributed by atoms with Crippen LogP contribution in [0.3, 0.4) is 0 Å². The molecule has 1 amide bonds. The molecule has 1 fully saturated rings. The maximum Gasteiger partial charge on any atom is 0.416 e. The van der Waals surface area contributed by atoms with Crippen LogP contribution in [-0.4, -0.2) is 48.5 Å². The van der Waals surface area contributed by atoms with E-state index >= 15 is 0 Å². The predicted molar refractivity (Wildman–Crippen MR) is 108 cm³/mol. The summed E-state index contributed by atoms with van der Waals surface area (Å²) in [5, 5.41) is 11.1. The number of hydrogen-bond donors (Lipinski definition) is 0. The van der Waals surface area contributed by atoms with E-state index in [0.29, 0.717) is 44.2 Å². The van der Waals surface area contributed by atoms with Gasteiger partial charge in [0.05, 0.1) is 22.7 Å². The van der Waals surface area contributed by atoms with Crippen molar-refractivity contribution in [3.8, 4) is 5.75 Å². The minimum Gasteiger partial charge on any atom is -0.493 e. The Morgan fingerprint density at radius 2 is 1.74 bits per heavy atom. The van der Waals surface area contributed by atoms with Gasteiger partial charge in [0.2, 0.25) is 0 Å². The summed E-state index contributed by atoms with van der Waals surface area (Å²) >= 11 is 0. The highest BCUT2D eigenvalue weighted by Gasteiger charge is 2.31. The van der Waals surface area contributed by atoms with Crippen LogP contribution in [0.15, 0.2) is 42.5 Å². The summed E-state index contributed by atoms with van der Waals surface area (Å²) in [6, 6.07) is 8.84. The van der Waals surface area contributed by atoms with E-state index in [1.165, 1.54) is 30.3 Å². The molecule has 1 saturated heterocycles. The van der Waals surface area contributed by atoms with Crippen molar-refractivity contribution in [3.05, 3.63) is 63.7 Å². The molecule has 1 heterocycles. The van der Waals surface area contributed by atoms with Crippen molar-refractivity contribution in [2.75, 3.05) is 37.7 Å². The molecule has 2 aromatic carbocycles. The number of ether oxygens (including phenoxy) is 1. The summed E-state index contributed by atoms with van der Waals surface area (Å²) in [5.74, 6) is -0.0792. The Morgan fingerprint density at radius 3 is 2.29 bits per heavy atom. The molecule has 0 aliphatic carbocycles. The summed E-state index contributed by atoms with van der Waals surface area (Å²) in [6.45, 7) is 3.80. The highest BCUT2D eigenvalue weighted by atomic mass is 19.4. The molecular weight excluding hydrogens is 415 g/mol. The van der Waals surface area contributed by atoms with Crippen molar-refractivity contribution >= 4 is 17.3 Å². The van der Waals surface area contributed by atoms with Crippen molar-refractivity contribution in [1.82, 2.24) is 4.90 Å². The van der Waals surface area contributed by atoms with Crippen LogP contribution in [0.5, 0.6) is 5.75 Å². The number of carbonyl (C=O) groups excluding carboxylic acids is 1. The molecule has 1 aliphatic rings. The Kier molecular flexibility index (Phi) is 6.67. The number of piperazine rings is 1. The SMILES string of the molecule is CCCOc1ccc([N+](=O)[O-])cc1C(=O)N1CCN(c2ccc(C(F)(F)F)cc2)CC1.